The summed E-state index contributed by atoms with van der Waals surface area (Å²) < 4.78 is 18.9. The molecular formula is C16H22FNO2. The van der Waals surface area contributed by atoms with E-state index in [1.54, 1.807) is 12.1 Å². The molecule has 1 unspecified atom stereocenters. The van der Waals surface area contributed by atoms with Crippen molar-refractivity contribution < 1.29 is 13.9 Å². The molecule has 1 aromatic carbocycles. The van der Waals surface area contributed by atoms with Crippen LogP contribution >= 0.6 is 0 Å². The number of halogens is 1. The van der Waals surface area contributed by atoms with Gasteiger partial charge in [-0.15, -0.1) is 0 Å². The van der Waals surface area contributed by atoms with Crippen LogP contribution in [0.5, 0.6) is 0 Å². The molecule has 0 bridgehead atoms. The van der Waals surface area contributed by atoms with E-state index in [1.807, 2.05) is 0 Å². The van der Waals surface area contributed by atoms with Crippen LogP contribution in [0.25, 0.3) is 0 Å². The molecule has 1 heterocycles. The van der Waals surface area contributed by atoms with Crippen LogP contribution in [0.2, 0.25) is 0 Å². The number of ether oxygens (including phenoxy) is 1. The molecule has 110 valence electrons. The number of likely N-dealkylation sites (tertiary alicyclic amines) is 1. The zero-order valence-electron chi connectivity index (χ0n) is 12.0. The lowest BCUT2D eigenvalue weighted by Gasteiger charge is -2.32. The van der Waals surface area contributed by atoms with Gasteiger partial charge in [-0.25, -0.2) is 4.39 Å². The lowest BCUT2D eigenvalue weighted by molar-refractivity contribution is 0.00130. The fourth-order valence-electron chi connectivity index (χ4n) is 2.53. The first-order valence-electron chi connectivity index (χ1n) is 7.31. The molecule has 1 aliphatic rings. The number of carbonyl (C=O) groups is 1. The van der Waals surface area contributed by atoms with Gasteiger partial charge in [0.1, 0.15) is 5.82 Å². The molecule has 1 fully saturated rings. The van der Waals surface area contributed by atoms with Gasteiger partial charge in [0.15, 0.2) is 5.78 Å². The quantitative estimate of drug-likeness (QED) is 0.750. The molecule has 0 amide bonds. The van der Waals surface area contributed by atoms with Gasteiger partial charge in [-0.1, -0.05) is 19.1 Å². The van der Waals surface area contributed by atoms with Crippen LogP contribution in [-0.2, 0) is 4.74 Å². The van der Waals surface area contributed by atoms with Gasteiger partial charge in [-0.2, -0.15) is 0 Å². The van der Waals surface area contributed by atoms with Crippen molar-refractivity contribution in [3.63, 3.8) is 0 Å². The predicted molar refractivity (Wildman–Crippen MR) is 76.4 cm³/mol. The molecule has 0 spiro atoms. The van der Waals surface area contributed by atoms with Gasteiger partial charge >= 0.3 is 0 Å². The monoisotopic (exact) mass is 279 g/mol. The van der Waals surface area contributed by atoms with Crippen LogP contribution in [0.15, 0.2) is 24.3 Å². The van der Waals surface area contributed by atoms with E-state index >= 15 is 0 Å². The minimum Gasteiger partial charge on any atom is -0.377 e. The summed E-state index contributed by atoms with van der Waals surface area (Å²) in [6.07, 6.45) is 3.35. The van der Waals surface area contributed by atoms with E-state index in [4.69, 9.17) is 4.74 Å². The van der Waals surface area contributed by atoms with Gasteiger partial charge in [0, 0.05) is 18.7 Å². The lowest BCUT2D eigenvalue weighted by atomic mass is 10.1. The maximum Gasteiger partial charge on any atom is 0.176 e. The normalized spacial score (nSPS) is 20.0. The van der Waals surface area contributed by atoms with Gasteiger partial charge in [0.05, 0.1) is 12.6 Å². The maximum atomic E-state index is 13.1. The van der Waals surface area contributed by atoms with E-state index in [2.05, 4.69) is 11.8 Å². The molecular weight excluding hydrogens is 257 g/mol. The fourth-order valence-corrected chi connectivity index (χ4v) is 2.53. The molecule has 4 heteroatoms. The summed E-state index contributed by atoms with van der Waals surface area (Å²) in [6, 6.07) is 5.90. The van der Waals surface area contributed by atoms with E-state index in [9.17, 15) is 9.18 Å². The summed E-state index contributed by atoms with van der Waals surface area (Å²) in [4.78, 5) is 14.2. The minimum atomic E-state index is -0.362. The molecule has 0 saturated carbocycles. The van der Waals surface area contributed by atoms with Gasteiger partial charge < -0.3 is 4.74 Å². The van der Waals surface area contributed by atoms with E-state index in [1.165, 1.54) is 12.1 Å². The Kier molecular flexibility index (Phi) is 5.68. The van der Waals surface area contributed by atoms with Crippen LogP contribution in [0.1, 0.15) is 36.5 Å². The topological polar surface area (TPSA) is 29.5 Å². The first-order chi connectivity index (χ1) is 9.69. The lowest BCUT2D eigenvalue weighted by Crippen LogP contribution is -2.42. The Morgan fingerprint density at radius 2 is 2.35 bits per heavy atom. The van der Waals surface area contributed by atoms with Gasteiger partial charge in [0.2, 0.25) is 0 Å². The number of rotatable bonds is 6. The Hall–Kier alpha value is -1.26. The highest BCUT2D eigenvalue weighted by Gasteiger charge is 2.22. The Morgan fingerprint density at radius 1 is 1.50 bits per heavy atom. The second kappa shape index (κ2) is 7.50. The average Bonchev–Trinajstić information content (AvgIpc) is 2.45. The van der Waals surface area contributed by atoms with Crippen molar-refractivity contribution in [2.75, 3.05) is 26.2 Å². The average molecular weight is 279 g/mol. The number of Topliss-reactive ketones (excluding diaryl/α,β-unsaturated/α-hetero) is 1. The third kappa shape index (κ3) is 4.39. The van der Waals surface area contributed by atoms with E-state index in [0.717, 1.165) is 39.0 Å². The minimum absolute atomic E-state index is 0.0272. The number of piperidine rings is 1. The smallest absolute Gasteiger partial charge is 0.176 e. The second-order valence-corrected chi connectivity index (χ2v) is 5.30. The van der Waals surface area contributed by atoms with Crippen molar-refractivity contribution in [1.82, 2.24) is 4.90 Å². The van der Waals surface area contributed by atoms with Crippen molar-refractivity contribution in [3.8, 4) is 0 Å². The van der Waals surface area contributed by atoms with Crippen LogP contribution in [0.4, 0.5) is 4.39 Å². The molecule has 0 aliphatic carbocycles. The van der Waals surface area contributed by atoms with Gasteiger partial charge in [-0.3, -0.25) is 9.69 Å². The van der Waals surface area contributed by atoms with Crippen molar-refractivity contribution in [1.29, 1.82) is 0 Å². The number of nitrogens with zero attached hydrogens (tertiary/aromatic N) is 1. The maximum absolute atomic E-state index is 13.1. The highest BCUT2D eigenvalue weighted by atomic mass is 19.1. The van der Waals surface area contributed by atoms with Crippen molar-refractivity contribution in [3.05, 3.63) is 35.6 Å². The van der Waals surface area contributed by atoms with Gasteiger partial charge in [-0.05, 0) is 37.9 Å². The van der Waals surface area contributed by atoms with Crippen molar-refractivity contribution >= 4 is 5.78 Å². The summed E-state index contributed by atoms with van der Waals surface area (Å²) in [5.41, 5.74) is 0.446. The Bertz CT molecular complexity index is 450. The summed E-state index contributed by atoms with van der Waals surface area (Å²) in [7, 11) is 0. The van der Waals surface area contributed by atoms with E-state index < -0.39 is 0 Å². The number of carbonyl (C=O) groups excluding carboxylic acids is 1. The molecule has 20 heavy (non-hydrogen) atoms. The summed E-state index contributed by atoms with van der Waals surface area (Å²) in [6.45, 7) is 4.91. The van der Waals surface area contributed by atoms with Crippen LogP contribution < -0.4 is 0 Å². The molecule has 1 atom stereocenters. The second-order valence-electron chi connectivity index (χ2n) is 5.30. The van der Waals surface area contributed by atoms with E-state index in [-0.39, 0.29) is 17.7 Å². The highest BCUT2D eigenvalue weighted by molar-refractivity contribution is 5.97. The summed E-state index contributed by atoms with van der Waals surface area (Å²) in [5.74, 6) is -0.390. The number of hydrogen-bond donors (Lipinski definition) is 0. The predicted octanol–water partition coefficient (Wildman–Crippen LogP) is 2.90. The van der Waals surface area contributed by atoms with Crippen molar-refractivity contribution in [2.45, 2.75) is 32.3 Å². The Morgan fingerprint density at radius 3 is 3.10 bits per heavy atom. The molecule has 1 saturated heterocycles. The summed E-state index contributed by atoms with van der Waals surface area (Å²) in [5, 5.41) is 0. The molecule has 0 radical (unpaired) electrons. The summed E-state index contributed by atoms with van der Waals surface area (Å²) >= 11 is 0. The standard InChI is InChI=1S/C16H22FNO2/c1-2-9-20-15-7-4-8-18(11-15)12-16(19)13-5-3-6-14(17)10-13/h3,5-6,10,15H,2,4,7-9,11-12H2,1H3. The number of hydrogen-bond acceptors (Lipinski definition) is 3. The largest absolute Gasteiger partial charge is 0.377 e. The van der Waals surface area contributed by atoms with Crippen LogP contribution in [0, 0.1) is 5.82 Å². The highest BCUT2D eigenvalue weighted by Crippen LogP contribution is 2.14. The van der Waals surface area contributed by atoms with E-state index in [0.29, 0.717) is 12.1 Å². The molecule has 1 aliphatic heterocycles. The molecule has 0 N–H and O–H groups in total. The first kappa shape index (κ1) is 15.1. The van der Waals surface area contributed by atoms with Gasteiger partial charge in [0.25, 0.3) is 0 Å². The van der Waals surface area contributed by atoms with Crippen molar-refractivity contribution in [2.24, 2.45) is 0 Å². The van der Waals surface area contributed by atoms with Crippen LogP contribution in [0.3, 0.4) is 0 Å². The third-order valence-corrected chi connectivity index (χ3v) is 3.53. The SMILES string of the molecule is CCCOC1CCCN(CC(=O)c2cccc(F)c2)C1. The number of benzene rings is 1. The van der Waals surface area contributed by atoms with Crippen LogP contribution in [-0.4, -0.2) is 43.0 Å². The molecule has 3 nitrogen and oxygen atoms in total. The zero-order chi connectivity index (χ0) is 14.4. The number of ketones is 1. The first-order valence-corrected chi connectivity index (χ1v) is 7.31. The molecule has 2 rings (SSSR count). The Balaban J connectivity index is 1.87. The Labute approximate surface area is 119 Å². The zero-order valence-corrected chi connectivity index (χ0v) is 12.0. The third-order valence-electron chi connectivity index (χ3n) is 3.53. The fraction of sp³-hybridized carbons (Fsp3) is 0.562. The molecule has 1 aromatic rings. The molecule has 0 aromatic heterocycles.